The minimum atomic E-state index is -3.80. The van der Waals surface area contributed by atoms with Gasteiger partial charge in [0.25, 0.3) is 0 Å². The largest absolute Gasteiger partial charge is 0.336 e. The maximum Gasteiger partial charge on any atom is 0.317 e. The number of hydrogen-bond acceptors (Lipinski definition) is 3. The first-order valence-corrected chi connectivity index (χ1v) is 9.09. The van der Waals surface area contributed by atoms with E-state index in [1.165, 1.54) is 18.2 Å². The van der Waals surface area contributed by atoms with Crippen molar-refractivity contribution in [1.82, 2.24) is 14.9 Å². The van der Waals surface area contributed by atoms with E-state index in [9.17, 15) is 17.6 Å². The molecule has 2 N–H and O–H groups in total. The molecule has 8 heteroatoms. The van der Waals surface area contributed by atoms with Crippen LogP contribution in [0.25, 0.3) is 0 Å². The van der Waals surface area contributed by atoms with Crippen LogP contribution >= 0.6 is 0 Å². The second-order valence-electron chi connectivity index (χ2n) is 5.97. The van der Waals surface area contributed by atoms with Gasteiger partial charge in [-0.2, -0.15) is 0 Å². The predicted molar refractivity (Wildman–Crippen MR) is 85.0 cm³/mol. The van der Waals surface area contributed by atoms with Gasteiger partial charge in [0.15, 0.2) is 0 Å². The molecule has 0 bridgehead atoms. The fourth-order valence-electron chi connectivity index (χ4n) is 2.52. The molecular formula is C15H22FN3O3S. The number of hydrogen-bond donors (Lipinski definition) is 2. The third kappa shape index (κ3) is 4.90. The molecule has 128 valence electrons. The predicted octanol–water partition coefficient (Wildman–Crippen LogP) is 1.69. The highest BCUT2D eigenvalue weighted by atomic mass is 32.2. The molecule has 2 amide bonds. The molecule has 0 spiro atoms. The molecule has 0 unspecified atom stereocenters. The highest BCUT2D eigenvalue weighted by Crippen LogP contribution is 2.15. The second-order valence-corrected chi connectivity index (χ2v) is 7.68. The quantitative estimate of drug-likeness (QED) is 0.873. The topological polar surface area (TPSA) is 78.5 Å². The molecule has 1 heterocycles. The van der Waals surface area contributed by atoms with Gasteiger partial charge in [-0.15, -0.1) is 0 Å². The Kier molecular flexibility index (Phi) is 5.59. The zero-order chi connectivity index (χ0) is 17.0. The average Bonchev–Trinajstić information content (AvgIpc) is 2.46. The number of halogens is 1. The van der Waals surface area contributed by atoms with Gasteiger partial charge < -0.3 is 10.2 Å². The molecule has 1 aromatic carbocycles. The van der Waals surface area contributed by atoms with Crippen LogP contribution in [0.3, 0.4) is 0 Å². The van der Waals surface area contributed by atoms with Crippen LogP contribution in [0.4, 0.5) is 9.18 Å². The van der Waals surface area contributed by atoms with Crippen molar-refractivity contribution in [2.75, 3.05) is 13.1 Å². The summed E-state index contributed by atoms with van der Waals surface area (Å²) < 4.78 is 40.4. The molecule has 6 nitrogen and oxygen atoms in total. The summed E-state index contributed by atoms with van der Waals surface area (Å²) in [7, 11) is -3.80. The molecule has 0 radical (unpaired) electrons. The van der Waals surface area contributed by atoms with E-state index < -0.39 is 15.8 Å². The van der Waals surface area contributed by atoms with E-state index in [2.05, 4.69) is 10.0 Å². The molecule has 0 aliphatic carbocycles. The third-order valence-corrected chi connectivity index (χ3v) is 5.07. The second kappa shape index (κ2) is 7.27. The number of benzene rings is 1. The van der Waals surface area contributed by atoms with Gasteiger partial charge in [-0.3, -0.25) is 0 Å². The lowest BCUT2D eigenvalue weighted by Crippen LogP contribution is -2.53. The number of amides is 2. The lowest BCUT2D eigenvalue weighted by Gasteiger charge is -2.33. The molecule has 1 saturated heterocycles. The zero-order valence-corrected chi connectivity index (χ0v) is 14.1. The number of nitrogens with zero attached hydrogens (tertiary/aromatic N) is 1. The van der Waals surface area contributed by atoms with Crippen molar-refractivity contribution in [3.05, 3.63) is 30.1 Å². The first-order chi connectivity index (χ1) is 10.8. The summed E-state index contributed by atoms with van der Waals surface area (Å²) in [6, 6.07) is 4.31. The Labute approximate surface area is 136 Å². The summed E-state index contributed by atoms with van der Waals surface area (Å²) in [5, 5.41) is 2.80. The van der Waals surface area contributed by atoms with Crippen molar-refractivity contribution in [2.24, 2.45) is 0 Å². The van der Waals surface area contributed by atoms with E-state index in [1.54, 1.807) is 4.90 Å². The molecule has 1 aliphatic heterocycles. The van der Waals surface area contributed by atoms with Crippen molar-refractivity contribution in [2.45, 2.75) is 43.7 Å². The van der Waals surface area contributed by atoms with E-state index in [1.807, 2.05) is 13.8 Å². The van der Waals surface area contributed by atoms with Crippen LogP contribution < -0.4 is 10.0 Å². The average molecular weight is 343 g/mol. The van der Waals surface area contributed by atoms with Crippen molar-refractivity contribution in [1.29, 1.82) is 0 Å². The zero-order valence-electron chi connectivity index (χ0n) is 13.3. The fraction of sp³-hybridized carbons (Fsp3) is 0.533. The van der Waals surface area contributed by atoms with Gasteiger partial charge in [-0.05, 0) is 44.9 Å². The van der Waals surface area contributed by atoms with Gasteiger partial charge in [-0.1, -0.05) is 6.07 Å². The Morgan fingerprint density at radius 2 is 2.13 bits per heavy atom. The first kappa shape index (κ1) is 17.7. The molecule has 0 aromatic heterocycles. The number of rotatable bonds is 4. The third-order valence-electron chi connectivity index (χ3n) is 3.55. The maximum absolute atomic E-state index is 13.2. The van der Waals surface area contributed by atoms with E-state index in [0.717, 1.165) is 6.07 Å². The summed E-state index contributed by atoms with van der Waals surface area (Å²) in [4.78, 5) is 13.5. The molecule has 2 rings (SSSR count). The maximum atomic E-state index is 13.2. The summed E-state index contributed by atoms with van der Waals surface area (Å²) >= 11 is 0. The van der Waals surface area contributed by atoms with Crippen LogP contribution in [0.15, 0.2) is 29.2 Å². The van der Waals surface area contributed by atoms with Crippen LogP contribution in [-0.4, -0.2) is 44.5 Å². The number of sulfonamides is 1. The minimum absolute atomic E-state index is 0.0202. The van der Waals surface area contributed by atoms with Gasteiger partial charge >= 0.3 is 6.03 Å². The summed E-state index contributed by atoms with van der Waals surface area (Å²) in [5.74, 6) is -0.602. The standard InChI is InChI=1S/C15H22FN3O3S/c1-11(2)17-15(20)19-8-4-6-13(10-19)18-23(21,22)14-7-3-5-12(16)9-14/h3,5,7,9,11,13,18H,4,6,8,10H2,1-2H3,(H,17,20)/t13-/m1/s1. The number of carbonyl (C=O) groups excluding carboxylic acids is 1. The molecule has 1 fully saturated rings. The summed E-state index contributed by atoms with van der Waals surface area (Å²) in [6.45, 7) is 4.63. The fourth-order valence-corrected chi connectivity index (χ4v) is 3.81. The first-order valence-electron chi connectivity index (χ1n) is 7.61. The minimum Gasteiger partial charge on any atom is -0.336 e. The van der Waals surface area contributed by atoms with Crippen LogP contribution in [0.2, 0.25) is 0 Å². The lowest BCUT2D eigenvalue weighted by atomic mass is 10.1. The molecule has 23 heavy (non-hydrogen) atoms. The summed E-state index contributed by atoms with van der Waals surface area (Å²) in [6.07, 6.45) is 1.35. The SMILES string of the molecule is CC(C)NC(=O)N1CCC[C@@H](NS(=O)(=O)c2cccc(F)c2)C1. The summed E-state index contributed by atoms with van der Waals surface area (Å²) in [5.41, 5.74) is 0. The lowest BCUT2D eigenvalue weighted by molar-refractivity contribution is 0.175. The Hall–Kier alpha value is -1.67. The van der Waals surface area contributed by atoms with Crippen molar-refractivity contribution < 1.29 is 17.6 Å². The number of likely N-dealkylation sites (tertiary alicyclic amines) is 1. The number of urea groups is 1. The Morgan fingerprint density at radius 3 is 2.78 bits per heavy atom. The monoisotopic (exact) mass is 343 g/mol. The normalized spacial score (nSPS) is 19.0. The smallest absolute Gasteiger partial charge is 0.317 e. The number of carbonyl (C=O) groups is 1. The van der Waals surface area contributed by atoms with Crippen molar-refractivity contribution in [3.8, 4) is 0 Å². The Morgan fingerprint density at radius 1 is 1.39 bits per heavy atom. The van der Waals surface area contributed by atoms with E-state index in [-0.39, 0.29) is 23.0 Å². The molecule has 0 saturated carbocycles. The Balaban J connectivity index is 2.03. The van der Waals surface area contributed by atoms with Gasteiger partial charge in [-0.25, -0.2) is 22.3 Å². The number of piperidine rings is 1. The van der Waals surface area contributed by atoms with Crippen LogP contribution in [0.5, 0.6) is 0 Å². The van der Waals surface area contributed by atoms with E-state index >= 15 is 0 Å². The van der Waals surface area contributed by atoms with Gasteiger partial charge in [0.2, 0.25) is 10.0 Å². The van der Waals surface area contributed by atoms with Crippen LogP contribution in [-0.2, 0) is 10.0 Å². The number of nitrogens with one attached hydrogen (secondary N) is 2. The van der Waals surface area contributed by atoms with Crippen LogP contribution in [0, 0.1) is 5.82 Å². The van der Waals surface area contributed by atoms with Crippen molar-refractivity contribution >= 4 is 16.1 Å². The Bertz CT molecular complexity index is 664. The molecule has 1 aliphatic rings. The van der Waals surface area contributed by atoms with Crippen LogP contribution in [0.1, 0.15) is 26.7 Å². The van der Waals surface area contributed by atoms with Gasteiger partial charge in [0, 0.05) is 25.2 Å². The van der Waals surface area contributed by atoms with E-state index in [4.69, 9.17) is 0 Å². The highest BCUT2D eigenvalue weighted by molar-refractivity contribution is 7.89. The van der Waals surface area contributed by atoms with E-state index in [0.29, 0.717) is 25.9 Å². The van der Waals surface area contributed by atoms with Gasteiger partial charge in [0.1, 0.15) is 5.82 Å². The molecule has 1 atom stereocenters. The molecule has 1 aromatic rings. The molecular weight excluding hydrogens is 321 g/mol. The highest BCUT2D eigenvalue weighted by Gasteiger charge is 2.27. The van der Waals surface area contributed by atoms with Crippen molar-refractivity contribution in [3.63, 3.8) is 0 Å². The van der Waals surface area contributed by atoms with Gasteiger partial charge in [0.05, 0.1) is 4.90 Å².